The van der Waals surface area contributed by atoms with Gasteiger partial charge in [-0.25, -0.2) is 0 Å². The van der Waals surface area contributed by atoms with Crippen LogP contribution in [0.4, 0.5) is 0 Å². The molecule has 5 heteroatoms. The fourth-order valence-electron chi connectivity index (χ4n) is 2.85. The van der Waals surface area contributed by atoms with Crippen LogP contribution in [-0.2, 0) is 0 Å². The normalized spacial score (nSPS) is 11.3. The maximum atomic E-state index is 13.0. The molecule has 0 aliphatic heterocycles. The molecule has 0 saturated heterocycles. The first kappa shape index (κ1) is 19.3. The second-order valence-corrected chi connectivity index (χ2v) is 5.80. The predicted molar refractivity (Wildman–Crippen MR) is 100 cm³/mol. The summed E-state index contributed by atoms with van der Waals surface area (Å²) in [4.78, 5) is 14.8. The van der Waals surface area contributed by atoms with Crippen molar-refractivity contribution in [3.8, 4) is 17.6 Å². The van der Waals surface area contributed by atoms with Gasteiger partial charge in [-0.1, -0.05) is 12.1 Å². The van der Waals surface area contributed by atoms with Gasteiger partial charge in [-0.15, -0.1) is 0 Å². The molecule has 0 N–H and O–H groups in total. The number of nitriles is 1. The van der Waals surface area contributed by atoms with Crippen molar-refractivity contribution < 1.29 is 14.3 Å². The van der Waals surface area contributed by atoms with Gasteiger partial charge in [-0.3, -0.25) is 4.79 Å². The number of nitrogens with zero attached hydrogens (tertiary/aromatic N) is 2. The van der Waals surface area contributed by atoms with E-state index < -0.39 is 0 Å². The van der Waals surface area contributed by atoms with Crippen LogP contribution in [-0.4, -0.2) is 31.1 Å². The monoisotopic (exact) mass is 352 g/mol. The molecular weight excluding hydrogens is 328 g/mol. The maximum Gasteiger partial charge on any atom is 0.254 e. The summed E-state index contributed by atoms with van der Waals surface area (Å²) in [7, 11) is 1.56. The molecule has 2 aromatic rings. The highest BCUT2D eigenvalue weighted by Gasteiger charge is 2.22. The average molecular weight is 352 g/mol. The summed E-state index contributed by atoms with van der Waals surface area (Å²) in [5.74, 6) is 1.08. The van der Waals surface area contributed by atoms with Crippen molar-refractivity contribution in [2.45, 2.75) is 26.8 Å². The summed E-state index contributed by atoms with van der Waals surface area (Å²) in [5, 5.41) is 8.93. The lowest BCUT2D eigenvalue weighted by atomic mass is 10.0. The van der Waals surface area contributed by atoms with E-state index in [-0.39, 0.29) is 11.9 Å². The average Bonchev–Trinajstić information content (AvgIpc) is 2.68. The number of carbonyl (C=O) groups is 1. The highest BCUT2D eigenvalue weighted by atomic mass is 16.5. The molecule has 0 radical (unpaired) electrons. The van der Waals surface area contributed by atoms with Crippen LogP contribution < -0.4 is 9.47 Å². The molecule has 1 atom stereocenters. The van der Waals surface area contributed by atoms with E-state index in [4.69, 9.17) is 14.7 Å². The van der Waals surface area contributed by atoms with Crippen LogP contribution in [0.1, 0.15) is 48.3 Å². The first-order valence-corrected chi connectivity index (χ1v) is 8.67. The molecule has 5 nitrogen and oxygen atoms in total. The molecular formula is C21H24N2O3. The third kappa shape index (κ3) is 4.15. The zero-order chi connectivity index (χ0) is 19.1. The fourth-order valence-corrected chi connectivity index (χ4v) is 2.85. The van der Waals surface area contributed by atoms with E-state index in [0.29, 0.717) is 35.8 Å². The lowest BCUT2D eigenvalue weighted by Gasteiger charge is -2.29. The van der Waals surface area contributed by atoms with Crippen LogP contribution in [0.15, 0.2) is 42.5 Å². The Morgan fingerprint density at radius 3 is 2.38 bits per heavy atom. The van der Waals surface area contributed by atoms with Crippen LogP contribution in [0.3, 0.4) is 0 Å². The zero-order valence-electron chi connectivity index (χ0n) is 15.7. The third-order valence-corrected chi connectivity index (χ3v) is 4.30. The summed E-state index contributed by atoms with van der Waals surface area (Å²) < 4.78 is 10.9. The second kappa shape index (κ2) is 8.91. The van der Waals surface area contributed by atoms with Crippen molar-refractivity contribution in [2.24, 2.45) is 0 Å². The molecule has 0 aliphatic carbocycles. The minimum absolute atomic E-state index is 0.0780. The lowest BCUT2D eigenvalue weighted by Crippen LogP contribution is -2.33. The van der Waals surface area contributed by atoms with Gasteiger partial charge in [0.15, 0.2) is 11.5 Å². The van der Waals surface area contributed by atoms with Crippen molar-refractivity contribution >= 4 is 5.91 Å². The highest BCUT2D eigenvalue weighted by Crippen LogP contribution is 2.30. The standard InChI is InChI=1S/C21H24N2O3/c1-5-23(15(3)17-9-7-16(14-22)8-10-17)21(24)18-11-12-19(26-6-2)20(13-18)25-4/h7-13,15H,5-6H2,1-4H3. The Morgan fingerprint density at radius 1 is 1.15 bits per heavy atom. The number of benzene rings is 2. The number of ether oxygens (including phenoxy) is 2. The fraction of sp³-hybridized carbons (Fsp3) is 0.333. The SMILES string of the molecule is CCOc1ccc(C(=O)N(CC)C(C)c2ccc(C#N)cc2)cc1OC. The number of hydrogen-bond donors (Lipinski definition) is 0. The van der Waals surface area contributed by atoms with Crippen molar-refractivity contribution in [1.82, 2.24) is 4.90 Å². The molecule has 0 saturated carbocycles. The topological polar surface area (TPSA) is 62.6 Å². The molecule has 2 rings (SSSR count). The Bertz CT molecular complexity index is 794. The summed E-state index contributed by atoms with van der Waals surface area (Å²) in [5.41, 5.74) is 2.14. The molecule has 0 aromatic heterocycles. The smallest absolute Gasteiger partial charge is 0.254 e. The maximum absolute atomic E-state index is 13.0. The largest absolute Gasteiger partial charge is 0.493 e. The van der Waals surface area contributed by atoms with Crippen molar-refractivity contribution in [1.29, 1.82) is 5.26 Å². The van der Waals surface area contributed by atoms with Gasteiger partial charge < -0.3 is 14.4 Å². The molecule has 0 spiro atoms. The molecule has 0 aliphatic rings. The molecule has 0 fully saturated rings. The van der Waals surface area contributed by atoms with E-state index in [9.17, 15) is 4.79 Å². The van der Waals surface area contributed by atoms with Crippen LogP contribution in [0.25, 0.3) is 0 Å². The van der Waals surface area contributed by atoms with Crippen molar-refractivity contribution in [3.63, 3.8) is 0 Å². The van der Waals surface area contributed by atoms with Gasteiger partial charge in [0.2, 0.25) is 0 Å². The summed E-state index contributed by atoms with van der Waals surface area (Å²) >= 11 is 0. The Balaban J connectivity index is 2.28. The van der Waals surface area contributed by atoms with Crippen LogP contribution >= 0.6 is 0 Å². The minimum Gasteiger partial charge on any atom is -0.493 e. The Hall–Kier alpha value is -3.00. The number of amides is 1. The Labute approximate surface area is 154 Å². The first-order valence-electron chi connectivity index (χ1n) is 8.67. The predicted octanol–water partition coefficient (Wildman–Crippen LogP) is 4.19. The van der Waals surface area contributed by atoms with E-state index in [1.807, 2.05) is 32.9 Å². The van der Waals surface area contributed by atoms with Gasteiger partial charge >= 0.3 is 0 Å². The van der Waals surface area contributed by atoms with Gasteiger partial charge in [-0.05, 0) is 56.7 Å². The van der Waals surface area contributed by atoms with Crippen molar-refractivity contribution in [2.75, 3.05) is 20.3 Å². The number of methoxy groups -OCH3 is 1. The quantitative estimate of drug-likeness (QED) is 0.749. The first-order chi connectivity index (χ1) is 12.5. The van der Waals surface area contributed by atoms with Gasteiger partial charge in [0.05, 0.1) is 31.4 Å². The second-order valence-electron chi connectivity index (χ2n) is 5.80. The van der Waals surface area contributed by atoms with Gasteiger partial charge in [0.25, 0.3) is 5.91 Å². The molecule has 1 amide bonds. The van der Waals surface area contributed by atoms with E-state index in [1.54, 1.807) is 42.3 Å². The van der Waals surface area contributed by atoms with Crippen LogP contribution in [0.2, 0.25) is 0 Å². The molecule has 0 heterocycles. The van der Waals surface area contributed by atoms with E-state index in [1.165, 1.54) is 0 Å². The summed E-state index contributed by atoms with van der Waals surface area (Å²) in [6.07, 6.45) is 0. The third-order valence-electron chi connectivity index (χ3n) is 4.30. The van der Waals surface area contributed by atoms with Crippen molar-refractivity contribution in [3.05, 3.63) is 59.2 Å². The van der Waals surface area contributed by atoms with E-state index >= 15 is 0 Å². The lowest BCUT2D eigenvalue weighted by molar-refractivity contribution is 0.0702. The van der Waals surface area contributed by atoms with Crippen LogP contribution in [0.5, 0.6) is 11.5 Å². The minimum atomic E-state index is -0.113. The van der Waals surface area contributed by atoms with Gasteiger partial charge in [0, 0.05) is 12.1 Å². The number of rotatable bonds is 7. The molecule has 0 bridgehead atoms. The van der Waals surface area contributed by atoms with Crippen LogP contribution in [0, 0.1) is 11.3 Å². The van der Waals surface area contributed by atoms with Gasteiger partial charge in [-0.2, -0.15) is 5.26 Å². The highest BCUT2D eigenvalue weighted by molar-refractivity contribution is 5.95. The van der Waals surface area contributed by atoms with E-state index in [0.717, 1.165) is 5.56 Å². The molecule has 1 unspecified atom stereocenters. The molecule has 2 aromatic carbocycles. The molecule has 26 heavy (non-hydrogen) atoms. The number of hydrogen-bond acceptors (Lipinski definition) is 4. The van der Waals surface area contributed by atoms with Gasteiger partial charge in [0.1, 0.15) is 0 Å². The Kier molecular flexibility index (Phi) is 6.62. The molecule has 136 valence electrons. The summed E-state index contributed by atoms with van der Waals surface area (Å²) in [6.45, 7) is 6.92. The Morgan fingerprint density at radius 2 is 1.85 bits per heavy atom. The summed E-state index contributed by atoms with van der Waals surface area (Å²) in [6, 6.07) is 14.5. The number of carbonyl (C=O) groups excluding carboxylic acids is 1. The zero-order valence-corrected chi connectivity index (χ0v) is 15.7. The van der Waals surface area contributed by atoms with E-state index in [2.05, 4.69) is 6.07 Å².